The van der Waals surface area contributed by atoms with Crippen molar-refractivity contribution in [2.45, 2.75) is 0 Å². The number of phenolic OH excluding ortho intramolecular Hbond substituents is 1. The molecule has 0 radical (unpaired) electrons. The first-order valence-electron chi connectivity index (χ1n) is 7.57. The maximum atomic E-state index is 9.81. The summed E-state index contributed by atoms with van der Waals surface area (Å²) in [5, 5.41) is 23.1. The van der Waals surface area contributed by atoms with Gasteiger partial charge in [0.2, 0.25) is 5.84 Å². The molecule has 5 nitrogen and oxygen atoms in total. The van der Waals surface area contributed by atoms with E-state index in [1.54, 1.807) is 36.4 Å². The Morgan fingerprint density at radius 3 is 2.24 bits per heavy atom. The molecule has 6 heteroatoms. The van der Waals surface area contributed by atoms with Crippen LogP contribution in [-0.4, -0.2) is 10.9 Å². The van der Waals surface area contributed by atoms with Gasteiger partial charge in [0, 0.05) is 10.6 Å². The molecule has 0 amide bonds. The summed E-state index contributed by atoms with van der Waals surface area (Å²) < 4.78 is 0. The molecule has 0 spiro atoms. The van der Waals surface area contributed by atoms with Crippen LogP contribution in [-0.2, 0) is 0 Å². The van der Waals surface area contributed by atoms with Crippen molar-refractivity contribution in [3.63, 3.8) is 0 Å². The summed E-state index contributed by atoms with van der Waals surface area (Å²) in [6, 6.07) is 23.4. The fourth-order valence-corrected chi connectivity index (χ4v) is 2.15. The predicted molar refractivity (Wildman–Crippen MR) is 101 cm³/mol. The van der Waals surface area contributed by atoms with Crippen molar-refractivity contribution in [2.24, 2.45) is 15.3 Å². The minimum atomic E-state index is 0.0596. The van der Waals surface area contributed by atoms with Gasteiger partial charge in [-0.25, -0.2) is 0 Å². The molecule has 2 N–H and O–H groups in total. The second kappa shape index (κ2) is 8.08. The molecule has 3 aromatic carbocycles. The molecule has 0 unspecified atom stereocenters. The molecule has 124 valence electrons. The van der Waals surface area contributed by atoms with Gasteiger partial charge in [0.05, 0.1) is 5.69 Å². The summed E-state index contributed by atoms with van der Waals surface area (Å²) in [7, 11) is 0. The third kappa shape index (κ3) is 4.65. The molecule has 3 aromatic rings. The fourth-order valence-electron chi connectivity index (χ4n) is 2.02. The highest BCUT2D eigenvalue weighted by Gasteiger charge is 2.04. The Hall–Kier alpha value is -3.18. The largest absolute Gasteiger partial charge is 0.506 e. The van der Waals surface area contributed by atoms with Gasteiger partial charge in [0.25, 0.3) is 0 Å². The number of hydrazone groups is 1. The predicted octanol–water partition coefficient (Wildman–Crippen LogP) is 5.60. The summed E-state index contributed by atoms with van der Waals surface area (Å²) >= 11 is 5.88. The van der Waals surface area contributed by atoms with Crippen molar-refractivity contribution >= 4 is 28.8 Å². The molecule has 0 fully saturated rings. The molecule has 0 aliphatic carbocycles. The highest BCUT2D eigenvalue weighted by atomic mass is 35.5. The molecular formula is C19H15ClN4O. The number of nitrogens with zero attached hydrogens (tertiary/aromatic N) is 3. The Balaban J connectivity index is 1.89. The van der Waals surface area contributed by atoms with E-state index in [2.05, 4.69) is 20.8 Å². The topological polar surface area (TPSA) is 69.3 Å². The molecule has 0 aliphatic heterocycles. The first kappa shape index (κ1) is 16.7. The summed E-state index contributed by atoms with van der Waals surface area (Å²) in [6.45, 7) is 0. The lowest BCUT2D eigenvalue weighted by molar-refractivity contribution is 0.476. The molecule has 0 aromatic heterocycles. The molecule has 0 bridgehead atoms. The SMILES string of the molecule is Oc1ccccc1N=NC(=NNc1ccc(Cl)cc1)c1ccccc1. The van der Waals surface area contributed by atoms with E-state index in [0.29, 0.717) is 16.5 Å². The van der Waals surface area contributed by atoms with E-state index >= 15 is 0 Å². The monoisotopic (exact) mass is 350 g/mol. The standard InChI is InChI=1S/C19H15ClN4O/c20-15-10-12-16(13-11-15)21-23-19(14-6-2-1-3-7-14)24-22-17-8-4-5-9-18(17)25/h1-13,21,25H. The smallest absolute Gasteiger partial charge is 0.201 e. The maximum absolute atomic E-state index is 9.81. The Bertz CT molecular complexity index is 893. The van der Waals surface area contributed by atoms with Crippen molar-refractivity contribution in [1.82, 2.24) is 0 Å². The highest BCUT2D eigenvalue weighted by molar-refractivity contribution is 6.30. The summed E-state index contributed by atoms with van der Waals surface area (Å²) in [6.07, 6.45) is 0. The van der Waals surface area contributed by atoms with E-state index in [4.69, 9.17) is 11.6 Å². The van der Waals surface area contributed by atoms with Gasteiger partial charge in [-0.3, -0.25) is 5.43 Å². The molecule has 0 saturated heterocycles. The van der Waals surface area contributed by atoms with Gasteiger partial charge < -0.3 is 5.11 Å². The van der Waals surface area contributed by atoms with Gasteiger partial charge in [0.1, 0.15) is 11.4 Å². The average Bonchev–Trinajstić information content (AvgIpc) is 2.65. The zero-order valence-corrected chi connectivity index (χ0v) is 13.9. The van der Waals surface area contributed by atoms with Crippen LogP contribution >= 0.6 is 11.6 Å². The van der Waals surface area contributed by atoms with E-state index in [-0.39, 0.29) is 5.75 Å². The van der Waals surface area contributed by atoms with Gasteiger partial charge >= 0.3 is 0 Å². The number of benzene rings is 3. The Morgan fingerprint density at radius 2 is 1.52 bits per heavy atom. The number of nitrogens with one attached hydrogen (secondary N) is 1. The number of amidine groups is 1. The zero-order chi connectivity index (χ0) is 17.5. The third-order valence-electron chi connectivity index (χ3n) is 3.30. The lowest BCUT2D eigenvalue weighted by Gasteiger charge is -2.04. The summed E-state index contributed by atoms with van der Waals surface area (Å²) in [5.74, 6) is 0.447. The number of hydrogen-bond acceptors (Lipinski definition) is 4. The van der Waals surface area contributed by atoms with Crippen LogP contribution in [0.5, 0.6) is 5.75 Å². The number of anilines is 1. The van der Waals surface area contributed by atoms with Crippen LogP contribution < -0.4 is 5.43 Å². The van der Waals surface area contributed by atoms with Crippen molar-refractivity contribution < 1.29 is 5.11 Å². The van der Waals surface area contributed by atoms with Crippen LogP contribution in [0.2, 0.25) is 5.02 Å². The van der Waals surface area contributed by atoms with Crippen LogP contribution in [0.15, 0.2) is 94.2 Å². The van der Waals surface area contributed by atoms with E-state index in [1.807, 2.05) is 42.5 Å². The van der Waals surface area contributed by atoms with Crippen LogP contribution in [0, 0.1) is 0 Å². The number of azo groups is 1. The Morgan fingerprint density at radius 1 is 0.840 bits per heavy atom. The van der Waals surface area contributed by atoms with Crippen molar-refractivity contribution in [3.8, 4) is 5.75 Å². The van der Waals surface area contributed by atoms with E-state index < -0.39 is 0 Å². The minimum Gasteiger partial charge on any atom is -0.506 e. The lowest BCUT2D eigenvalue weighted by atomic mass is 10.2. The lowest BCUT2D eigenvalue weighted by Crippen LogP contribution is -2.01. The summed E-state index contributed by atoms with van der Waals surface area (Å²) in [5.41, 5.74) is 4.88. The molecule has 3 rings (SSSR count). The first-order valence-corrected chi connectivity index (χ1v) is 7.94. The molecule has 0 heterocycles. The Labute approximate surface area is 150 Å². The van der Waals surface area contributed by atoms with Crippen LogP contribution in [0.4, 0.5) is 11.4 Å². The van der Waals surface area contributed by atoms with E-state index in [9.17, 15) is 5.11 Å². The van der Waals surface area contributed by atoms with Crippen molar-refractivity contribution in [1.29, 1.82) is 0 Å². The second-order valence-corrected chi connectivity index (χ2v) is 5.55. The van der Waals surface area contributed by atoms with Gasteiger partial charge in [-0.1, -0.05) is 54.1 Å². The van der Waals surface area contributed by atoms with Crippen LogP contribution in [0.25, 0.3) is 0 Å². The highest BCUT2D eigenvalue weighted by Crippen LogP contribution is 2.25. The van der Waals surface area contributed by atoms with Crippen LogP contribution in [0.1, 0.15) is 5.56 Å². The maximum Gasteiger partial charge on any atom is 0.201 e. The molecule has 25 heavy (non-hydrogen) atoms. The third-order valence-corrected chi connectivity index (χ3v) is 3.55. The molecule has 0 saturated carbocycles. The number of hydrogen-bond donors (Lipinski definition) is 2. The normalized spacial score (nSPS) is 11.6. The average molecular weight is 351 g/mol. The van der Waals surface area contributed by atoms with Gasteiger partial charge in [-0.05, 0) is 36.4 Å². The quantitative estimate of drug-likeness (QED) is 0.278. The zero-order valence-electron chi connectivity index (χ0n) is 13.2. The fraction of sp³-hybridized carbons (Fsp3) is 0. The molecular weight excluding hydrogens is 336 g/mol. The van der Waals surface area contributed by atoms with E-state index in [0.717, 1.165) is 11.3 Å². The van der Waals surface area contributed by atoms with E-state index in [1.165, 1.54) is 0 Å². The molecule has 0 aliphatic rings. The van der Waals surface area contributed by atoms with Crippen LogP contribution in [0.3, 0.4) is 0 Å². The number of para-hydroxylation sites is 1. The van der Waals surface area contributed by atoms with Gasteiger partial charge in [-0.2, -0.15) is 5.10 Å². The molecule has 0 atom stereocenters. The number of rotatable bonds is 4. The Kier molecular flexibility index (Phi) is 5.39. The van der Waals surface area contributed by atoms with Gasteiger partial charge in [-0.15, -0.1) is 10.2 Å². The van der Waals surface area contributed by atoms with Crippen molar-refractivity contribution in [3.05, 3.63) is 89.4 Å². The summed E-state index contributed by atoms with van der Waals surface area (Å²) in [4.78, 5) is 0. The minimum absolute atomic E-state index is 0.0596. The number of halogens is 1. The number of aromatic hydroxyl groups is 1. The number of phenols is 1. The first-order chi connectivity index (χ1) is 12.2. The van der Waals surface area contributed by atoms with Gasteiger partial charge in [0.15, 0.2) is 0 Å². The second-order valence-electron chi connectivity index (χ2n) is 5.11. The van der Waals surface area contributed by atoms with Crippen molar-refractivity contribution in [2.75, 3.05) is 5.43 Å².